The van der Waals surface area contributed by atoms with E-state index in [4.69, 9.17) is 16.3 Å². The lowest BCUT2D eigenvalue weighted by Gasteiger charge is -2.34. The van der Waals surface area contributed by atoms with Gasteiger partial charge in [-0.15, -0.1) is 0 Å². The fourth-order valence-corrected chi connectivity index (χ4v) is 3.57. The standard InChI is InChI=1S/C19H20ClFN2O3/c1-12-9-14(3-4-15(12)20)13-5-7-22(8-6-13)17-11-19(26-2)18(23(24)25)10-16(17)21/h3-4,9-11,13H,5-8H2,1-2H3. The van der Waals surface area contributed by atoms with Gasteiger partial charge in [-0.05, 0) is 42.9 Å². The topological polar surface area (TPSA) is 55.6 Å². The molecule has 1 heterocycles. The average molecular weight is 379 g/mol. The van der Waals surface area contributed by atoms with E-state index < -0.39 is 10.7 Å². The number of hydrogen-bond acceptors (Lipinski definition) is 4. The fraction of sp³-hybridized carbons (Fsp3) is 0.368. The third-order valence-corrected chi connectivity index (χ3v) is 5.36. The first-order valence-corrected chi connectivity index (χ1v) is 8.81. The van der Waals surface area contributed by atoms with Crippen LogP contribution in [0.15, 0.2) is 30.3 Å². The van der Waals surface area contributed by atoms with Gasteiger partial charge in [-0.1, -0.05) is 23.7 Å². The summed E-state index contributed by atoms with van der Waals surface area (Å²) in [5.41, 5.74) is 2.28. The summed E-state index contributed by atoms with van der Waals surface area (Å²) in [6, 6.07) is 8.42. The second kappa shape index (κ2) is 7.50. The van der Waals surface area contributed by atoms with Gasteiger partial charge in [0.25, 0.3) is 0 Å². The average Bonchev–Trinajstić information content (AvgIpc) is 2.64. The minimum Gasteiger partial charge on any atom is -0.490 e. The van der Waals surface area contributed by atoms with Crippen LogP contribution in [0.1, 0.15) is 29.9 Å². The van der Waals surface area contributed by atoms with E-state index in [-0.39, 0.29) is 11.4 Å². The van der Waals surface area contributed by atoms with Crippen molar-refractivity contribution in [1.29, 1.82) is 0 Å². The van der Waals surface area contributed by atoms with E-state index in [1.54, 1.807) is 0 Å². The lowest BCUT2D eigenvalue weighted by atomic mass is 9.88. The van der Waals surface area contributed by atoms with Gasteiger partial charge in [0.1, 0.15) is 0 Å². The summed E-state index contributed by atoms with van der Waals surface area (Å²) in [6.07, 6.45) is 1.75. The molecule has 1 aliphatic heterocycles. The van der Waals surface area contributed by atoms with Gasteiger partial charge in [-0.2, -0.15) is 0 Å². The largest absolute Gasteiger partial charge is 0.490 e. The predicted octanol–water partition coefficient (Wildman–Crippen LogP) is 5.09. The Morgan fingerprint density at radius 3 is 2.54 bits per heavy atom. The Bertz CT molecular complexity index is 836. The number of ether oxygens (including phenoxy) is 1. The molecule has 2 aromatic rings. The maximum atomic E-state index is 14.4. The van der Waals surface area contributed by atoms with Crippen LogP contribution < -0.4 is 9.64 Å². The van der Waals surface area contributed by atoms with Crippen molar-refractivity contribution < 1.29 is 14.1 Å². The Balaban J connectivity index is 1.77. The molecule has 7 heteroatoms. The number of nitro groups is 1. The first-order chi connectivity index (χ1) is 12.4. The van der Waals surface area contributed by atoms with Crippen LogP contribution in [0.3, 0.4) is 0 Å². The number of piperidine rings is 1. The number of nitro benzene ring substituents is 1. The Labute approximate surface area is 156 Å². The molecule has 1 aliphatic rings. The van der Waals surface area contributed by atoms with Gasteiger partial charge in [0.15, 0.2) is 11.6 Å². The van der Waals surface area contributed by atoms with Gasteiger partial charge >= 0.3 is 5.69 Å². The van der Waals surface area contributed by atoms with Crippen molar-refractivity contribution in [1.82, 2.24) is 0 Å². The monoisotopic (exact) mass is 378 g/mol. The van der Waals surface area contributed by atoms with E-state index in [0.717, 1.165) is 29.5 Å². The van der Waals surface area contributed by atoms with Crippen LogP contribution in [-0.4, -0.2) is 25.1 Å². The normalized spacial score (nSPS) is 15.2. The number of nitrogens with zero attached hydrogens (tertiary/aromatic N) is 2. The lowest BCUT2D eigenvalue weighted by Crippen LogP contribution is -2.33. The maximum absolute atomic E-state index is 14.4. The summed E-state index contributed by atoms with van der Waals surface area (Å²) in [7, 11) is 1.35. The first-order valence-electron chi connectivity index (χ1n) is 8.43. The SMILES string of the molecule is COc1cc(N2CCC(c3ccc(Cl)c(C)c3)CC2)c(F)cc1[N+](=O)[O-]. The Hall–Kier alpha value is -2.34. The van der Waals surface area contributed by atoms with Crippen LogP contribution in [0.5, 0.6) is 5.75 Å². The highest BCUT2D eigenvalue weighted by molar-refractivity contribution is 6.31. The van der Waals surface area contributed by atoms with Gasteiger partial charge in [0, 0.05) is 24.2 Å². The summed E-state index contributed by atoms with van der Waals surface area (Å²) < 4.78 is 19.5. The van der Waals surface area contributed by atoms with Gasteiger partial charge in [0.05, 0.1) is 23.8 Å². The van der Waals surface area contributed by atoms with Crippen LogP contribution in [0, 0.1) is 22.9 Å². The molecular formula is C19H20ClFN2O3. The predicted molar refractivity (Wildman–Crippen MR) is 100.0 cm³/mol. The van der Waals surface area contributed by atoms with E-state index in [2.05, 4.69) is 6.07 Å². The van der Waals surface area contributed by atoms with Crippen LogP contribution in [0.2, 0.25) is 5.02 Å². The molecular weight excluding hydrogens is 359 g/mol. The number of aryl methyl sites for hydroxylation is 1. The lowest BCUT2D eigenvalue weighted by molar-refractivity contribution is -0.385. The molecule has 0 amide bonds. The van der Waals surface area contributed by atoms with E-state index >= 15 is 0 Å². The molecule has 0 saturated carbocycles. The van der Waals surface area contributed by atoms with Crippen molar-refractivity contribution in [3.05, 3.63) is 62.4 Å². The van der Waals surface area contributed by atoms with E-state index in [0.29, 0.717) is 24.7 Å². The number of anilines is 1. The summed E-state index contributed by atoms with van der Waals surface area (Å²) >= 11 is 6.09. The Kier molecular flexibility index (Phi) is 5.32. The molecule has 0 spiro atoms. The summed E-state index contributed by atoms with van der Waals surface area (Å²) in [6.45, 7) is 3.33. The smallest absolute Gasteiger partial charge is 0.313 e. The minimum absolute atomic E-state index is 0.0712. The summed E-state index contributed by atoms with van der Waals surface area (Å²) in [5.74, 6) is -0.134. The zero-order valence-corrected chi connectivity index (χ0v) is 15.4. The number of benzene rings is 2. The first kappa shape index (κ1) is 18.5. The highest BCUT2D eigenvalue weighted by Crippen LogP contribution is 2.37. The van der Waals surface area contributed by atoms with Crippen molar-refractivity contribution >= 4 is 23.0 Å². The fourth-order valence-electron chi connectivity index (χ4n) is 3.46. The molecule has 0 aliphatic carbocycles. The van der Waals surface area contributed by atoms with Gasteiger partial charge in [-0.3, -0.25) is 10.1 Å². The molecule has 0 unspecified atom stereocenters. The molecule has 138 valence electrons. The summed E-state index contributed by atoms with van der Waals surface area (Å²) in [5, 5.41) is 11.8. The number of hydrogen-bond donors (Lipinski definition) is 0. The molecule has 1 saturated heterocycles. The molecule has 0 bridgehead atoms. The molecule has 5 nitrogen and oxygen atoms in total. The van der Waals surface area contributed by atoms with Crippen LogP contribution in [-0.2, 0) is 0 Å². The quantitative estimate of drug-likeness (QED) is 0.549. The zero-order chi connectivity index (χ0) is 18.8. The molecule has 1 fully saturated rings. The molecule has 0 N–H and O–H groups in total. The highest BCUT2D eigenvalue weighted by atomic mass is 35.5. The second-order valence-corrected chi connectivity index (χ2v) is 6.91. The summed E-state index contributed by atoms with van der Waals surface area (Å²) in [4.78, 5) is 12.3. The van der Waals surface area contributed by atoms with Crippen molar-refractivity contribution in [2.45, 2.75) is 25.7 Å². The van der Waals surface area contributed by atoms with Crippen LogP contribution in [0.25, 0.3) is 0 Å². The van der Waals surface area contributed by atoms with Crippen molar-refractivity contribution in [3.8, 4) is 5.75 Å². The molecule has 2 aromatic carbocycles. The number of methoxy groups -OCH3 is 1. The highest BCUT2D eigenvalue weighted by Gasteiger charge is 2.26. The van der Waals surface area contributed by atoms with E-state index in [1.807, 2.05) is 24.0 Å². The van der Waals surface area contributed by atoms with Gasteiger partial charge in [0.2, 0.25) is 0 Å². The van der Waals surface area contributed by atoms with Crippen LogP contribution in [0.4, 0.5) is 15.8 Å². The molecule has 3 rings (SSSR count). The zero-order valence-electron chi connectivity index (χ0n) is 14.7. The third-order valence-electron chi connectivity index (χ3n) is 4.93. The number of rotatable bonds is 4. The van der Waals surface area contributed by atoms with Crippen molar-refractivity contribution in [2.75, 3.05) is 25.1 Å². The Morgan fingerprint density at radius 1 is 1.27 bits per heavy atom. The molecule has 0 atom stereocenters. The van der Waals surface area contributed by atoms with E-state index in [9.17, 15) is 14.5 Å². The minimum atomic E-state index is -0.638. The maximum Gasteiger partial charge on any atom is 0.313 e. The molecule has 0 aromatic heterocycles. The number of halogens is 2. The van der Waals surface area contributed by atoms with Gasteiger partial charge < -0.3 is 9.64 Å². The molecule has 0 radical (unpaired) electrons. The van der Waals surface area contributed by atoms with Gasteiger partial charge in [-0.25, -0.2) is 4.39 Å². The second-order valence-electron chi connectivity index (χ2n) is 6.50. The third kappa shape index (κ3) is 3.60. The Morgan fingerprint density at radius 2 is 1.96 bits per heavy atom. The van der Waals surface area contributed by atoms with Crippen molar-refractivity contribution in [2.24, 2.45) is 0 Å². The van der Waals surface area contributed by atoms with Crippen molar-refractivity contribution in [3.63, 3.8) is 0 Å². The molecule has 26 heavy (non-hydrogen) atoms. The van der Waals surface area contributed by atoms with Crippen LogP contribution >= 0.6 is 11.6 Å². The van der Waals surface area contributed by atoms with E-state index in [1.165, 1.54) is 18.7 Å².